The Bertz CT molecular complexity index is 451. The molecule has 16 heavy (non-hydrogen) atoms. The van der Waals surface area contributed by atoms with Crippen LogP contribution in [-0.4, -0.2) is 23.5 Å². The van der Waals surface area contributed by atoms with Gasteiger partial charge in [-0.15, -0.1) is 0 Å². The molecule has 4 N–H and O–H groups in total. The fourth-order valence-electron chi connectivity index (χ4n) is 0.991. The molecule has 0 atom stereocenters. The normalized spacial score (nSPS) is 9.88. The van der Waals surface area contributed by atoms with Crippen molar-refractivity contribution in [1.29, 1.82) is 0 Å². The van der Waals surface area contributed by atoms with Gasteiger partial charge in [-0.3, -0.25) is 9.59 Å². The van der Waals surface area contributed by atoms with Gasteiger partial charge in [0.25, 0.3) is 5.91 Å². The summed E-state index contributed by atoms with van der Waals surface area (Å²) in [6.07, 6.45) is 0. The summed E-state index contributed by atoms with van der Waals surface area (Å²) in [5.41, 5.74) is 4.95. The second-order valence-corrected chi connectivity index (χ2v) is 3.34. The van der Waals surface area contributed by atoms with Crippen LogP contribution >= 0.6 is 11.6 Å². The number of nitrogens with two attached hydrogens (primary N) is 1. The molecule has 1 rings (SSSR count). The number of amides is 1. The molecule has 86 valence electrons. The Kier molecular flexibility index (Phi) is 3.68. The monoisotopic (exact) mass is 245 g/mol. The quantitative estimate of drug-likeness (QED) is 0.689. The van der Waals surface area contributed by atoms with Crippen molar-refractivity contribution in [3.8, 4) is 0 Å². The lowest BCUT2D eigenvalue weighted by Crippen LogP contribution is -2.29. The average Bonchev–Trinajstić information content (AvgIpc) is 2.20. The lowest BCUT2D eigenvalue weighted by atomic mass is 10.2. The zero-order chi connectivity index (χ0) is 12.3. The Morgan fingerprint density at radius 1 is 1.50 bits per heavy atom. The van der Waals surface area contributed by atoms with Gasteiger partial charge < -0.3 is 16.2 Å². The van der Waals surface area contributed by atoms with Crippen LogP contribution < -0.4 is 11.1 Å². The summed E-state index contributed by atoms with van der Waals surface area (Å²) >= 11 is 5.61. The van der Waals surface area contributed by atoms with Crippen molar-refractivity contribution < 1.29 is 19.1 Å². The third kappa shape index (κ3) is 2.83. The number of benzene rings is 1. The van der Waals surface area contributed by atoms with E-state index in [2.05, 4.69) is 5.32 Å². The number of carboxylic acids is 1. The van der Waals surface area contributed by atoms with E-state index >= 15 is 0 Å². The Hall–Kier alpha value is -1.82. The first kappa shape index (κ1) is 12.3. The van der Waals surface area contributed by atoms with E-state index in [4.69, 9.17) is 22.4 Å². The van der Waals surface area contributed by atoms with Gasteiger partial charge in [0.05, 0.1) is 16.3 Å². The maximum atomic E-state index is 12.9. The smallest absolute Gasteiger partial charge is 0.322 e. The van der Waals surface area contributed by atoms with Gasteiger partial charge in [-0.25, -0.2) is 4.39 Å². The van der Waals surface area contributed by atoms with Gasteiger partial charge in [0.1, 0.15) is 12.4 Å². The van der Waals surface area contributed by atoms with Crippen LogP contribution in [0.3, 0.4) is 0 Å². The van der Waals surface area contributed by atoms with Crippen LogP contribution in [0, 0.1) is 5.82 Å². The Morgan fingerprint density at radius 3 is 2.69 bits per heavy atom. The van der Waals surface area contributed by atoms with E-state index in [0.717, 1.165) is 12.1 Å². The third-order valence-corrected chi connectivity index (χ3v) is 2.04. The fourth-order valence-corrected chi connectivity index (χ4v) is 1.23. The fraction of sp³-hybridized carbons (Fsp3) is 0.111. The predicted octanol–water partition coefficient (Wildman–Crippen LogP) is 0.876. The Balaban J connectivity index is 2.91. The van der Waals surface area contributed by atoms with Crippen LogP contribution in [0.25, 0.3) is 0 Å². The Morgan fingerprint density at radius 2 is 2.12 bits per heavy atom. The van der Waals surface area contributed by atoms with Gasteiger partial charge in [0, 0.05) is 0 Å². The summed E-state index contributed by atoms with van der Waals surface area (Å²) in [6, 6.07) is 1.95. The second-order valence-electron chi connectivity index (χ2n) is 2.93. The van der Waals surface area contributed by atoms with Gasteiger partial charge in [-0.1, -0.05) is 11.6 Å². The van der Waals surface area contributed by atoms with Crippen molar-refractivity contribution in [2.45, 2.75) is 0 Å². The first-order chi connectivity index (χ1) is 7.41. The lowest BCUT2D eigenvalue weighted by molar-refractivity contribution is -0.135. The van der Waals surface area contributed by atoms with Crippen LogP contribution in [0.1, 0.15) is 10.4 Å². The topological polar surface area (TPSA) is 92.4 Å². The van der Waals surface area contributed by atoms with Crippen molar-refractivity contribution >= 4 is 29.2 Å². The molecule has 7 heteroatoms. The maximum Gasteiger partial charge on any atom is 0.322 e. The van der Waals surface area contributed by atoms with Crippen molar-refractivity contribution in [3.63, 3.8) is 0 Å². The third-order valence-electron chi connectivity index (χ3n) is 1.73. The molecule has 0 heterocycles. The van der Waals surface area contributed by atoms with Gasteiger partial charge in [-0.05, 0) is 12.1 Å². The largest absolute Gasteiger partial charge is 0.480 e. The van der Waals surface area contributed by atoms with Crippen LogP contribution in [0.4, 0.5) is 10.1 Å². The van der Waals surface area contributed by atoms with Gasteiger partial charge >= 0.3 is 5.97 Å². The highest BCUT2D eigenvalue weighted by Crippen LogP contribution is 2.22. The number of carbonyl (C=O) groups is 2. The molecule has 0 aromatic heterocycles. The zero-order valence-electron chi connectivity index (χ0n) is 7.96. The highest BCUT2D eigenvalue weighted by atomic mass is 35.5. The second kappa shape index (κ2) is 4.80. The van der Waals surface area contributed by atoms with Gasteiger partial charge in [0.2, 0.25) is 0 Å². The molecular weight excluding hydrogens is 238 g/mol. The Labute approximate surface area is 95.0 Å². The predicted molar refractivity (Wildman–Crippen MR) is 55.8 cm³/mol. The standard InChI is InChI=1S/C9H8ClFN2O3/c10-5-2-6(11)7(12)1-4(5)9(16)13-3-8(14)15/h1-2H,3,12H2,(H,13,16)(H,14,15)/i11-1. The molecule has 0 aliphatic carbocycles. The molecule has 0 fully saturated rings. The molecule has 1 aromatic carbocycles. The molecule has 0 saturated heterocycles. The van der Waals surface area contributed by atoms with Crippen molar-refractivity contribution in [2.24, 2.45) is 0 Å². The van der Waals surface area contributed by atoms with Gasteiger partial charge in [-0.2, -0.15) is 0 Å². The van der Waals surface area contributed by atoms with Crippen LogP contribution in [0.2, 0.25) is 5.02 Å². The van der Waals surface area contributed by atoms with E-state index in [1.54, 1.807) is 0 Å². The maximum absolute atomic E-state index is 12.9. The number of nitrogen functional groups attached to an aromatic ring is 1. The molecule has 1 aromatic rings. The SMILES string of the molecule is Nc1cc(C(=O)NCC(=O)O)c(Cl)cc1[18F]. The zero-order valence-corrected chi connectivity index (χ0v) is 8.71. The number of hydrogen-bond donors (Lipinski definition) is 3. The number of carboxylic acid groups (broad SMARTS) is 1. The molecule has 0 saturated carbocycles. The van der Waals surface area contributed by atoms with Crippen LogP contribution in [0.5, 0.6) is 0 Å². The summed E-state index contributed by atoms with van der Waals surface area (Å²) in [5, 5.41) is 10.3. The van der Waals surface area contributed by atoms with E-state index < -0.39 is 24.2 Å². The first-order valence-corrected chi connectivity index (χ1v) is 4.54. The van der Waals surface area contributed by atoms with Crippen molar-refractivity contribution in [3.05, 3.63) is 28.5 Å². The summed E-state index contributed by atoms with van der Waals surface area (Å²) in [7, 11) is 0. The highest BCUT2D eigenvalue weighted by molar-refractivity contribution is 6.34. The molecule has 0 radical (unpaired) electrons. The number of nitrogens with one attached hydrogen (secondary N) is 1. The lowest BCUT2D eigenvalue weighted by Gasteiger charge is -2.06. The minimum atomic E-state index is -1.19. The van der Waals surface area contributed by atoms with E-state index in [-0.39, 0.29) is 16.3 Å². The number of anilines is 1. The average molecular weight is 246 g/mol. The molecule has 0 spiro atoms. The molecule has 1 amide bonds. The molecule has 0 unspecified atom stereocenters. The van der Waals surface area contributed by atoms with E-state index in [1.807, 2.05) is 0 Å². The number of halogens is 2. The number of aliphatic carboxylic acids is 1. The molecular formula is C9H8ClFN2O3. The minimum Gasteiger partial charge on any atom is -0.480 e. The van der Waals surface area contributed by atoms with Gasteiger partial charge in [0.15, 0.2) is 0 Å². The number of carbonyl (C=O) groups excluding carboxylic acids is 1. The van der Waals surface area contributed by atoms with E-state index in [9.17, 15) is 14.0 Å². The van der Waals surface area contributed by atoms with E-state index in [0.29, 0.717) is 0 Å². The molecule has 0 bridgehead atoms. The van der Waals surface area contributed by atoms with Crippen LogP contribution in [0.15, 0.2) is 12.1 Å². The van der Waals surface area contributed by atoms with Crippen LogP contribution in [-0.2, 0) is 4.79 Å². The number of rotatable bonds is 3. The molecule has 0 aliphatic rings. The highest BCUT2D eigenvalue weighted by Gasteiger charge is 2.14. The van der Waals surface area contributed by atoms with Crippen molar-refractivity contribution in [2.75, 3.05) is 12.3 Å². The summed E-state index contributed by atoms with van der Waals surface area (Å²) in [5.74, 6) is -2.65. The van der Waals surface area contributed by atoms with E-state index in [1.165, 1.54) is 0 Å². The minimum absolute atomic E-state index is 0.0678. The molecule has 0 aliphatic heterocycles. The summed E-state index contributed by atoms with van der Waals surface area (Å²) in [4.78, 5) is 21.6. The molecule has 5 nitrogen and oxygen atoms in total. The summed E-state index contributed by atoms with van der Waals surface area (Å²) < 4.78 is 12.9. The van der Waals surface area contributed by atoms with Crippen molar-refractivity contribution in [1.82, 2.24) is 5.32 Å². The first-order valence-electron chi connectivity index (χ1n) is 4.16. The summed E-state index contributed by atoms with van der Waals surface area (Å²) in [6.45, 7) is -0.549. The number of hydrogen-bond acceptors (Lipinski definition) is 3.